The first-order chi connectivity index (χ1) is 28.0. The predicted molar refractivity (Wildman–Crippen MR) is 242 cm³/mol. The van der Waals surface area contributed by atoms with Crippen LogP contribution in [0, 0.1) is 0 Å². The lowest BCUT2D eigenvalue weighted by Crippen LogP contribution is -2.30. The molecular weight excluding hydrogens is 709 g/mol. The number of unbranched alkanes of at least 4 members (excludes halogenated alkanes) is 21. The minimum Gasteiger partial charge on any atom is -0.462 e. The molecule has 0 bridgehead atoms. The normalized spacial score (nSPS) is 12.5. The molecule has 0 saturated heterocycles. The molecule has 0 aliphatic heterocycles. The Morgan fingerprint density at radius 2 is 0.702 bits per heavy atom. The second-order valence-electron chi connectivity index (χ2n) is 15.6. The van der Waals surface area contributed by atoms with E-state index < -0.39 is 6.10 Å². The summed E-state index contributed by atoms with van der Waals surface area (Å²) in [5, 5.41) is 0. The van der Waals surface area contributed by atoms with Crippen molar-refractivity contribution in [1.82, 2.24) is 0 Å². The number of hydrogen-bond acceptors (Lipinski definition) is 6. The Bertz CT molecular complexity index is 1050. The van der Waals surface area contributed by atoms with E-state index in [1.807, 2.05) is 0 Å². The molecule has 0 heterocycles. The summed E-state index contributed by atoms with van der Waals surface area (Å²) in [4.78, 5) is 37.8. The van der Waals surface area contributed by atoms with Gasteiger partial charge in [-0.15, -0.1) is 0 Å². The number of hydrogen-bond donors (Lipinski definition) is 0. The molecule has 0 aromatic rings. The lowest BCUT2D eigenvalue weighted by Gasteiger charge is -2.18. The lowest BCUT2D eigenvalue weighted by atomic mass is 10.1. The van der Waals surface area contributed by atoms with Gasteiger partial charge in [0, 0.05) is 19.3 Å². The average molecular weight is 797 g/mol. The second kappa shape index (κ2) is 45.8. The molecule has 1 atom stereocenters. The molecule has 0 aliphatic carbocycles. The van der Waals surface area contributed by atoms with E-state index in [1.165, 1.54) is 77.0 Å². The monoisotopic (exact) mass is 797 g/mol. The van der Waals surface area contributed by atoms with E-state index in [2.05, 4.69) is 81.5 Å². The van der Waals surface area contributed by atoms with Crippen LogP contribution in [0.25, 0.3) is 0 Å². The maximum absolute atomic E-state index is 12.7. The molecule has 0 spiro atoms. The van der Waals surface area contributed by atoms with Crippen LogP contribution in [0.5, 0.6) is 0 Å². The summed E-state index contributed by atoms with van der Waals surface area (Å²) in [5.41, 5.74) is 0. The number of ether oxygens (including phenoxy) is 3. The number of carbonyl (C=O) groups is 3. The van der Waals surface area contributed by atoms with Crippen molar-refractivity contribution >= 4 is 17.9 Å². The molecule has 0 rings (SSSR count). The predicted octanol–water partition coefficient (Wildman–Crippen LogP) is 15.3. The second-order valence-corrected chi connectivity index (χ2v) is 15.6. The third-order valence-corrected chi connectivity index (χ3v) is 9.98. The zero-order valence-electron chi connectivity index (χ0n) is 37.3. The summed E-state index contributed by atoms with van der Waals surface area (Å²) >= 11 is 0. The van der Waals surface area contributed by atoms with E-state index in [4.69, 9.17) is 14.2 Å². The van der Waals surface area contributed by atoms with Crippen molar-refractivity contribution < 1.29 is 28.6 Å². The standard InChI is InChI=1S/C51H88O6/c1-4-7-10-13-16-19-22-24-25-27-30-33-36-39-42-45-51(54)57-48(46-55-49(52)43-40-37-34-31-28-21-18-15-12-9-6-3)47-56-50(53)44-41-38-35-32-29-26-23-20-17-14-11-8-5-2/h7,10,15-16,18-20,23-25,48H,4-6,8-9,11-14,17,21-22,26-47H2,1-3H3/b10-7-,18-15-,19-16-,23-20-,25-24-/t48-/m0/s1. The maximum Gasteiger partial charge on any atom is 0.306 e. The summed E-state index contributed by atoms with van der Waals surface area (Å²) in [6.07, 6.45) is 54.8. The Balaban J connectivity index is 4.43. The van der Waals surface area contributed by atoms with Gasteiger partial charge in [-0.1, -0.05) is 171 Å². The van der Waals surface area contributed by atoms with Crippen molar-refractivity contribution in [2.45, 2.75) is 232 Å². The van der Waals surface area contributed by atoms with Gasteiger partial charge in [-0.25, -0.2) is 0 Å². The van der Waals surface area contributed by atoms with Crippen LogP contribution in [-0.4, -0.2) is 37.2 Å². The number of esters is 3. The van der Waals surface area contributed by atoms with Gasteiger partial charge in [0.2, 0.25) is 0 Å². The van der Waals surface area contributed by atoms with Crippen molar-refractivity contribution in [3.63, 3.8) is 0 Å². The lowest BCUT2D eigenvalue weighted by molar-refractivity contribution is -0.167. The minimum atomic E-state index is -0.787. The fraction of sp³-hybridized carbons (Fsp3) is 0.745. The van der Waals surface area contributed by atoms with Crippen LogP contribution in [-0.2, 0) is 28.6 Å². The molecule has 0 aromatic heterocycles. The minimum absolute atomic E-state index is 0.0886. The summed E-state index contributed by atoms with van der Waals surface area (Å²) in [6, 6.07) is 0. The molecule has 0 unspecified atom stereocenters. The number of allylic oxidation sites excluding steroid dienone is 10. The van der Waals surface area contributed by atoms with E-state index in [0.29, 0.717) is 19.3 Å². The molecule has 0 amide bonds. The third-order valence-electron chi connectivity index (χ3n) is 9.98. The van der Waals surface area contributed by atoms with Gasteiger partial charge in [0.05, 0.1) is 0 Å². The molecule has 0 saturated carbocycles. The highest BCUT2D eigenvalue weighted by Gasteiger charge is 2.19. The quantitative estimate of drug-likeness (QED) is 0.0265. The summed E-state index contributed by atoms with van der Waals surface area (Å²) in [5.74, 6) is -0.925. The molecule has 6 heteroatoms. The smallest absolute Gasteiger partial charge is 0.306 e. The van der Waals surface area contributed by atoms with E-state index in [0.717, 1.165) is 109 Å². The largest absolute Gasteiger partial charge is 0.462 e. The van der Waals surface area contributed by atoms with Crippen LogP contribution in [0.2, 0.25) is 0 Å². The first-order valence-corrected chi connectivity index (χ1v) is 23.8. The third kappa shape index (κ3) is 44.1. The molecule has 328 valence electrons. The van der Waals surface area contributed by atoms with Crippen LogP contribution in [0.1, 0.15) is 226 Å². The highest BCUT2D eigenvalue weighted by Crippen LogP contribution is 2.13. The Hall–Kier alpha value is -2.89. The van der Waals surface area contributed by atoms with Crippen LogP contribution in [0.4, 0.5) is 0 Å². The van der Waals surface area contributed by atoms with Gasteiger partial charge in [-0.05, 0) is 96.3 Å². The molecular formula is C51H88O6. The topological polar surface area (TPSA) is 78.9 Å². The van der Waals surface area contributed by atoms with Crippen LogP contribution < -0.4 is 0 Å². The van der Waals surface area contributed by atoms with Gasteiger partial charge < -0.3 is 14.2 Å². The molecule has 57 heavy (non-hydrogen) atoms. The van der Waals surface area contributed by atoms with Crippen molar-refractivity contribution in [2.24, 2.45) is 0 Å². The molecule has 0 aromatic carbocycles. The Morgan fingerprint density at radius 3 is 1.14 bits per heavy atom. The molecule has 0 radical (unpaired) electrons. The van der Waals surface area contributed by atoms with Crippen molar-refractivity contribution in [3.8, 4) is 0 Å². The Morgan fingerprint density at radius 1 is 0.368 bits per heavy atom. The number of carbonyl (C=O) groups excluding carboxylic acids is 3. The van der Waals surface area contributed by atoms with Crippen molar-refractivity contribution in [1.29, 1.82) is 0 Å². The highest BCUT2D eigenvalue weighted by molar-refractivity contribution is 5.71. The SMILES string of the molecule is CC/C=C\C/C=C\C/C=C\CCCCCCCC(=O)O[C@@H](COC(=O)CCCCCCC/C=C\CCCC)COC(=O)CCCCCCC/C=C\CCCCCC. The van der Waals surface area contributed by atoms with Crippen LogP contribution >= 0.6 is 0 Å². The summed E-state index contributed by atoms with van der Waals surface area (Å²) in [7, 11) is 0. The Labute approximate surface area is 351 Å². The van der Waals surface area contributed by atoms with Gasteiger partial charge in [0.15, 0.2) is 6.10 Å². The first-order valence-electron chi connectivity index (χ1n) is 23.8. The van der Waals surface area contributed by atoms with Crippen LogP contribution in [0.3, 0.4) is 0 Å². The molecule has 0 fully saturated rings. The van der Waals surface area contributed by atoms with Gasteiger partial charge in [0.1, 0.15) is 13.2 Å². The Kier molecular flexibility index (Phi) is 43.5. The summed E-state index contributed by atoms with van der Waals surface area (Å²) in [6.45, 7) is 6.43. The zero-order chi connectivity index (χ0) is 41.5. The fourth-order valence-electron chi connectivity index (χ4n) is 6.37. The number of rotatable bonds is 42. The first kappa shape index (κ1) is 54.1. The molecule has 0 N–H and O–H groups in total. The van der Waals surface area contributed by atoms with Gasteiger partial charge in [0.25, 0.3) is 0 Å². The van der Waals surface area contributed by atoms with Crippen molar-refractivity contribution in [2.75, 3.05) is 13.2 Å². The maximum atomic E-state index is 12.7. The van der Waals surface area contributed by atoms with Crippen molar-refractivity contribution in [3.05, 3.63) is 60.8 Å². The highest BCUT2D eigenvalue weighted by atomic mass is 16.6. The van der Waals surface area contributed by atoms with Gasteiger partial charge >= 0.3 is 17.9 Å². The fourth-order valence-corrected chi connectivity index (χ4v) is 6.37. The van der Waals surface area contributed by atoms with Gasteiger partial charge in [-0.3, -0.25) is 14.4 Å². The van der Waals surface area contributed by atoms with E-state index in [-0.39, 0.29) is 31.1 Å². The zero-order valence-corrected chi connectivity index (χ0v) is 37.3. The molecule has 0 aliphatic rings. The van der Waals surface area contributed by atoms with Gasteiger partial charge in [-0.2, -0.15) is 0 Å². The molecule has 6 nitrogen and oxygen atoms in total. The average Bonchev–Trinajstić information content (AvgIpc) is 3.21. The summed E-state index contributed by atoms with van der Waals surface area (Å²) < 4.78 is 16.7. The van der Waals surface area contributed by atoms with Crippen LogP contribution in [0.15, 0.2) is 60.8 Å². The van der Waals surface area contributed by atoms with E-state index in [9.17, 15) is 14.4 Å². The van der Waals surface area contributed by atoms with E-state index in [1.54, 1.807) is 0 Å². The van der Waals surface area contributed by atoms with E-state index >= 15 is 0 Å².